The highest BCUT2D eigenvalue weighted by molar-refractivity contribution is 5.77. The molecule has 6 nitrogen and oxygen atoms in total. The number of rotatable bonds is 9. The molecular weight excluding hydrogens is 274 g/mol. The van der Waals surface area contributed by atoms with E-state index in [-0.39, 0.29) is 30.0 Å². The maximum absolute atomic E-state index is 11.5. The van der Waals surface area contributed by atoms with Gasteiger partial charge >= 0.3 is 5.97 Å². The average molecular weight is 295 g/mol. The fraction of sp³-hybridized carbons (Fsp3) is 0.467. The van der Waals surface area contributed by atoms with E-state index in [9.17, 15) is 14.7 Å². The van der Waals surface area contributed by atoms with E-state index in [1.807, 2.05) is 0 Å². The van der Waals surface area contributed by atoms with Crippen LogP contribution in [0.25, 0.3) is 0 Å². The molecule has 1 rings (SSSR count). The van der Waals surface area contributed by atoms with E-state index >= 15 is 0 Å². The van der Waals surface area contributed by atoms with Gasteiger partial charge < -0.3 is 19.9 Å². The molecule has 1 aromatic carbocycles. The number of para-hydroxylation sites is 2. The number of esters is 1. The van der Waals surface area contributed by atoms with Crippen molar-refractivity contribution in [3.8, 4) is 11.5 Å². The van der Waals surface area contributed by atoms with Gasteiger partial charge in [-0.05, 0) is 25.0 Å². The Morgan fingerprint density at radius 2 is 1.95 bits per heavy atom. The summed E-state index contributed by atoms with van der Waals surface area (Å²) in [5, 5.41) is 12.2. The van der Waals surface area contributed by atoms with Crippen LogP contribution in [-0.4, -0.2) is 37.2 Å². The van der Waals surface area contributed by atoms with Crippen molar-refractivity contribution in [2.75, 3.05) is 20.3 Å². The van der Waals surface area contributed by atoms with E-state index in [0.717, 1.165) is 19.3 Å². The number of amides is 1. The lowest BCUT2D eigenvalue weighted by atomic mass is 10.2. The molecule has 0 saturated heterocycles. The Balaban J connectivity index is 2.07. The largest absolute Gasteiger partial charge is 0.504 e. The van der Waals surface area contributed by atoms with Gasteiger partial charge in [0.15, 0.2) is 18.1 Å². The Hall–Kier alpha value is -2.24. The van der Waals surface area contributed by atoms with Crippen LogP contribution in [0.1, 0.15) is 25.7 Å². The van der Waals surface area contributed by atoms with E-state index in [4.69, 9.17) is 4.74 Å². The minimum Gasteiger partial charge on any atom is -0.504 e. The zero-order valence-corrected chi connectivity index (χ0v) is 12.1. The number of aromatic hydroxyl groups is 1. The monoisotopic (exact) mass is 295 g/mol. The van der Waals surface area contributed by atoms with Crippen LogP contribution in [0.3, 0.4) is 0 Å². The molecule has 6 heteroatoms. The maximum atomic E-state index is 11.5. The highest BCUT2D eigenvalue weighted by Crippen LogP contribution is 2.23. The quantitative estimate of drug-likeness (QED) is 0.534. The standard InChI is InChI=1S/C15H21NO5/c1-20-15(19)9-3-2-6-10-16-14(18)11-21-13-8-5-4-7-12(13)17/h4-5,7-8,17H,2-3,6,9-11H2,1H3,(H,16,18). The van der Waals surface area contributed by atoms with E-state index in [1.165, 1.54) is 13.2 Å². The third-order valence-corrected chi connectivity index (χ3v) is 2.83. The predicted octanol–water partition coefficient (Wildman–Crippen LogP) is 1.62. The van der Waals surface area contributed by atoms with Gasteiger partial charge in [0.1, 0.15) is 0 Å². The summed E-state index contributed by atoms with van der Waals surface area (Å²) in [5.41, 5.74) is 0. The summed E-state index contributed by atoms with van der Waals surface area (Å²) < 4.78 is 9.73. The summed E-state index contributed by atoms with van der Waals surface area (Å²) in [7, 11) is 1.37. The first kappa shape index (κ1) is 16.8. The van der Waals surface area contributed by atoms with Gasteiger partial charge in [0.25, 0.3) is 5.91 Å². The van der Waals surface area contributed by atoms with Crippen molar-refractivity contribution in [1.29, 1.82) is 0 Å². The number of ether oxygens (including phenoxy) is 2. The van der Waals surface area contributed by atoms with Crippen molar-refractivity contribution in [3.63, 3.8) is 0 Å². The van der Waals surface area contributed by atoms with E-state index in [0.29, 0.717) is 13.0 Å². The van der Waals surface area contributed by atoms with Crippen molar-refractivity contribution in [3.05, 3.63) is 24.3 Å². The molecule has 0 bridgehead atoms. The van der Waals surface area contributed by atoms with Gasteiger partial charge in [-0.25, -0.2) is 0 Å². The zero-order chi connectivity index (χ0) is 15.5. The lowest BCUT2D eigenvalue weighted by Gasteiger charge is -2.08. The molecule has 0 aliphatic rings. The minimum atomic E-state index is -0.244. The molecular formula is C15H21NO5. The summed E-state index contributed by atoms with van der Waals surface area (Å²) in [5.74, 6) is -0.167. The molecule has 0 atom stereocenters. The molecule has 116 valence electrons. The third kappa shape index (κ3) is 7.20. The number of nitrogens with one attached hydrogen (secondary N) is 1. The number of carbonyl (C=O) groups excluding carboxylic acids is 2. The molecule has 0 radical (unpaired) electrons. The predicted molar refractivity (Wildman–Crippen MR) is 77.1 cm³/mol. The van der Waals surface area contributed by atoms with Crippen LogP contribution in [0.2, 0.25) is 0 Å². The van der Waals surface area contributed by atoms with Crippen LogP contribution >= 0.6 is 0 Å². The first-order valence-corrected chi connectivity index (χ1v) is 6.88. The second kappa shape index (κ2) is 9.63. The van der Waals surface area contributed by atoms with Gasteiger partial charge in [0.2, 0.25) is 0 Å². The van der Waals surface area contributed by atoms with Gasteiger partial charge in [-0.1, -0.05) is 18.6 Å². The fourth-order valence-electron chi connectivity index (χ4n) is 1.67. The van der Waals surface area contributed by atoms with Gasteiger partial charge in [0, 0.05) is 13.0 Å². The Morgan fingerprint density at radius 3 is 2.67 bits per heavy atom. The van der Waals surface area contributed by atoms with Gasteiger partial charge in [-0.15, -0.1) is 0 Å². The van der Waals surface area contributed by atoms with Crippen LogP contribution in [0.15, 0.2) is 24.3 Å². The van der Waals surface area contributed by atoms with Crippen molar-refractivity contribution >= 4 is 11.9 Å². The second-order valence-electron chi connectivity index (χ2n) is 4.49. The summed E-state index contributed by atoms with van der Waals surface area (Å²) in [4.78, 5) is 22.4. The average Bonchev–Trinajstić information content (AvgIpc) is 2.49. The fourth-order valence-corrected chi connectivity index (χ4v) is 1.67. The molecule has 0 aliphatic heterocycles. The maximum Gasteiger partial charge on any atom is 0.305 e. The molecule has 0 aromatic heterocycles. The number of methoxy groups -OCH3 is 1. The summed E-state index contributed by atoms with van der Waals surface area (Å²) in [6.07, 6.45) is 2.78. The van der Waals surface area contributed by atoms with Crippen molar-refractivity contribution in [2.45, 2.75) is 25.7 Å². The molecule has 0 heterocycles. The first-order chi connectivity index (χ1) is 10.1. The van der Waals surface area contributed by atoms with Crippen molar-refractivity contribution in [2.24, 2.45) is 0 Å². The molecule has 0 saturated carbocycles. The number of hydrogen-bond acceptors (Lipinski definition) is 5. The number of hydrogen-bond donors (Lipinski definition) is 2. The van der Waals surface area contributed by atoms with Crippen LogP contribution in [0, 0.1) is 0 Å². The SMILES string of the molecule is COC(=O)CCCCCNC(=O)COc1ccccc1O. The summed E-state index contributed by atoms with van der Waals surface area (Å²) in [6, 6.07) is 6.48. The molecule has 0 spiro atoms. The lowest BCUT2D eigenvalue weighted by molar-refractivity contribution is -0.140. The molecule has 1 aromatic rings. The van der Waals surface area contributed by atoms with Crippen LogP contribution in [-0.2, 0) is 14.3 Å². The van der Waals surface area contributed by atoms with E-state index in [2.05, 4.69) is 10.1 Å². The highest BCUT2D eigenvalue weighted by atomic mass is 16.5. The van der Waals surface area contributed by atoms with Gasteiger partial charge in [-0.3, -0.25) is 9.59 Å². The zero-order valence-electron chi connectivity index (χ0n) is 12.1. The Labute approximate surface area is 124 Å². The number of carbonyl (C=O) groups is 2. The lowest BCUT2D eigenvalue weighted by Crippen LogP contribution is -2.29. The van der Waals surface area contributed by atoms with Crippen LogP contribution in [0.4, 0.5) is 0 Å². The van der Waals surface area contributed by atoms with E-state index < -0.39 is 0 Å². The normalized spacial score (nSPS) is 9.95. The third-order valence-electron chi connectivity index (χ3n) is 2.83. The second-order valence-corrected chi connectivity index (χ2v) is 4.49. The Kier molecular flexibility index (Phi) is 7.71. The topological polar surface area (TPSA) is 84.9 Å². The number of phenols is 1. The molecule has 0 aliphatic carbocycles. The molecule has 0 fully saturated rings. The number of benzene rings is 1. The van der Waals surface area contributed by atoms with Crippen molar-refractivity contribution < 1.29 is 24.2 Å². The minimum absolute atomic E-state index is 0.00751. The van der Waals surface area contributed by atoms with Crippen LogP contribution in [0.5, 0.6) is 11.5 Å². The van der Waals surface area contributed by atoms with Crippen LogP contribution < -0.4 is 10.1 Å². The Morgan fingerprint density at radius 1 is 1.19 bits per heavy atom. The highest BCUT2D eigenvalue weighted by Gasteiger charge is 2.05. The van der Waals surface area contributed by atoms with Gasteiger partial charge in [0.05, 0.1) is 7.11 Å². The summed E-state index contributed by atoms with van der Waals surface area (Å²) in [6.45, 7) is 0.393. The Bertz CT molecular complexity index is 461. The molecule has 2 N–H and O–H groups in total. The number of phenolic OH excluding ortho intramolecular Hbond substituents is 1. The first-order valence-electron chi connectivity index (χ1n) is 6.88. The number of unbranched alkanes of at least 4 members (excludes halogenated alkanes) is 2. The molecule has 1 amide bonds. The van der Waals surface area contributed by atoms with Gasteiger partial charge in [-0.2, -0.15) is 0 Å². The van der Waals surface area contributed by atoms with E-state index in [1.54, 1.807) is 18.2 Å². The van der Waals surface area contributed by atoms with Crippen molar-refractivity contribution in [1.82, 2.24) is 5.32 Å². The molecule has 0 unspecified atom stereocenters. The smallest absolute Gasteiger partial charge is 0.305 e. The summed E-state index contributed by atoms with van der Waals surface area (Å²) >= 11 is 0. The molecule has 21 heavy (non-hydrogen) atoms.